The lowest BCUT2D eigenvalue weighted by atomic mass is 10.1. The second kappa shape index (κ2) is 5.25. The smallest absolute Gasteiger partial charge is 0.335 e. The summed E-state index contributed by atoms with van der Waals surface area (Å²) < 4.78 is 5.74. The second-order valence-corrected chi connectivity index (χ2v) is 4.79. The first-order chi connectivity index (χ1) is 10.1. The number of hydrogen-bond donors (Lipinski definition) is 1. The Labute approximate surface area is 121 Å². The zero-order valence-corrected chi connectivity index (χ0v) is 11.4. The minimum absolute atomic E-state index is 0.211. The van der Waals surface area contributed by atoms with Crippen LogP contribution in [-0.4, -0.2) is 16.1 Å². The number of nitrogens with zero attached hydrogens (tertiary/aromatic N) is 1. The van der Waals surface area contributed by atoms with Crippen LogP contribution in [0.3, 0.4) is 0 Å². The summed E-state index contributed by atoms with van der Waals surface area (Å²) in [6, 6.07) is 14.5. The van der Waals surface area contributed by atoms with Gasteiger partial charge in [0.15, 0.2) is 5.76 Å². The summed E-state index contributed by atoms with van der Waals surface area (Å²) in [6.07, 6.45) is 1.65. The zero-order valence-electron chi connectivity index (χ0n) is 11.4. The molecule has 104 valence electrons. The molecule has 0 aliphatic heterocycles. The van der Waals surface area contributed by atoms with Crippen molar-refractivity contribution in [1.29, 1.82) is 0 Å². The lowest BCUT2D eigenvalue weighted by Gasteiger charge is -1.99. The maximum absolute atomic E-state index is 11.0. The van der Waals surface area contributed by atoms with Gasteiger partial charge in [0.2, 0.25) is 5.89 Å². The van der Waals surface area contributed by atoms with E-state index in [9.17, 15) is 4.79 Å². The van der Waals surface area contributed by atoms with Gasteiger partial charge in [0.25, 0.3) is 0 Å². The number of hydrogen-bond acceptors (Lipinski definition) is 3. The van der Waals surface area contributed by atoms with Gasteiger partial charge in [-0.2, -0.15) is 0 Å². The molecule has 2 aromatic carbocycles. The van der Waals surface area contributed by atoms with Crippen LogP contribution >= 0.6 is 0 Å². The Balaban J connectivity index is 1.98. The summed E-state index contributed by atoms with van der Waals surface area (Å²) in [6.45, 7) is 2.01. The molecule has 1 aromatic heterocycles. The molecular formula is C17H13NO3. The Hall–Kier alpha value is -2.88. The normalized spacial score (nSPS) is 10.5. The average Bonchev–Trinajstić information content (AvgIpc) is 2.97. The van der Waals surface area contributed by atoms with Crippen molar-refractivity contribution in [3.05, 3.63) is 65.9 Å². The third kappa shape index (κ3) is 2.69. The van der Waals surface area contributed by atoms with Gasteiger partial charge in [-0.25, -0.2) is 9.78 Å². The van der Waals surface area contributed by atoms with E-state index in [1.165, 1.54) is 6.07 Å². The van der Waals surface area contributed by atoms with Crippen molar-refractivity contribution in [2.45, 2.75) is 6.92 Å². The number of aryl methyl sites for hydroxylation is 1. The van der Waals surface area contributed by atoms with Crippen LogP contribution in [0.2, 0.25) is 0 Å². The Morgan fingerprint density at radius 1 is 1.10 bits per heavy atom. The molecule has 1 heterocycles. The largest absolute Gasteiger partial charge is 0.478 e. The Kier molecular flexibility index (Phi) is 3.28. The van der Waals surface area contributed by atoms with E-state index < -0.39 is 5.97 Å². The molecule has 0 amide bonds. The number of carboxylic acids is 1. The van der Waals surface area contributed by atoms with Gasteiger partial charge in [0.1, 0.15) is 0 Å². The second-order valence-electron chi connectivity index (χ2n) is 4.79. The van der Waals surface area contributed by atoms with Crippen molar-refractivity contribution >= 4 is 5.97 Å². The topological polar surface area (TPSA) is 63.3 Å². The van der Waals surface area contributed by atoms with E-state index >= 15 is 0 Å². The fraction of sp³-hybridized carbons (Fsp3) is 0.0588. The maximum atomic E-state index is 11.0. The van der Waals surface area contributed by atoms with Gasteiger partial charge in [-0.05, 0) is 31.2 Å². The highest BCUT2D eigenvalue weighted by Crippen LogP contribution is 2.26. The molecule has 21 heavy (non-hydrogen) atoms. The molecule has 4 nitrogen and oxygen atoms in total. The van der Waals surface area contributed by atoms with E-state index in [-0.39, 0.29) is 5.56 Å². The van der Waals surface area contributed by atoms with Crippen molar-refractivity contribution in [1.82, 2.24) is 4.98 Å². The van der Waals surface area contributed by atoms with Crippen molar-refractivity contribution in [3.63, 3.8) is 0 Å². The molecule has 0 bridgehead atoms. The van der Waals surface area contributed by atoms with Gasteiger partial charge in [-0.3, -0.25) is 0 Å². The van der Waals surface area contributed by atoms with Gasteiger partial charge in [-0.15, -0.1) is 0 Å². The molecule has 3 aromatic rings. The molecular weight excluding hydrogens is 266 g/mol. The Morgan fingerprint density at radius 2 is 1.86 bits per heavy atom. The van der Waals surface area contributed by atoms with Crippen molar-refractivity contribution in [3.8, 4) is 22.8 Å². The van der Waals surface area contributed by atoms with Crippen molar-refractivity contribution in [2.75, 3.05) is 0 Å². The van der Waals surface area contributed by atoms with Crippen LogP contribution in [0.1, 0.15) is 15.9 Å². The van der Waals surface area contributed by atoms with E-state index in [4.69, 9.17) is 9.52 Å². The number of aromatic carboxylic acids is 1. The first-order valence-corrected chi connectivity index (χ1v) is 6.50. The van der Waals surface area contributed by atoms with Gasteiger partial charge < -0.3 is 9.52 Å². The SMILES string of the molecule is Cc1cccc(-c2cnc(-c3cccc(C(=O)O)c3)o2)c1. The summed E-state index contributed by atoms with van der Waals surface area (Å²) in [5.74, 6) is 0.103. The molecule has 0 saturated heterocycles. The summed E-state index contributed by atoms with van der Waals surface area (Å²) in [5, 5.41) is 9.02. The van der Waals surface area contributed by atoms with E-state index in [0.29, 0.717) is 17.2 Å². The summed E-state index contributed by atoms with van der Waals surface area (Å²) in [4.78, 5) is 15.2. The van der Waals surface area contributed by atoms with Gasteiger partial charge in [0, 0.05) is 11.1 Å². The molecule has 0 spiro atoms. The lowest BCUT2D eigenvalue weighted by molar-refractivity contribution is 0.0697. The summed E-state index contributed by atoms with van der Waals surface area (Å²) in [5.41, 5.74) is 2.94. The minimum Gasteiger partial charge on any atom is -0.478 e. The highest BCUT2D eigenvalue weighted by atomic mass is 16.4. The molecule has 0 aliphatic carbocycles. The highest BCUT2D eigenvalue weighted by Gasteiger charge is 2.11. The van der Waals surface area contributed by atoms with E-state index in [2.05, 4.69) is 4.98 Å². The number of oxazole rings is 1. The van der Waals surface area contributed by atoms with Crippen LogP contribution in [-0.2, 0) is 0 Å². The van der Waals surface area contributed by atoms with Gasteiger partial charge in [-0.1, -0.05) is 29.8 Å². The van der Waals surface area contributed by atoms with E-state index in [1.54, 1.807) is 24.4 Å². The van der Waals surface area contributed by atoms with Crippen LogP contribution < -0.4 is 0 Å². The molecule has 0 aliphatic rings. The predicted octanol–water partition coefficient (Wildman–Crippen LogP) is 4.02. The molecule has 0 saturated carbocycles. The van der Waals surface area contributed by atoms with Crippen LogP contribution in [0.15, 0.2) is 59.1 Å². The molecule has 3 rings (SSSR count). The molecule has 0 radical (unpaired) electrons. The molecule has 1 N–H and O–H groups in total. The predicted molar refractivity (Wildman–Crippen MR) is 79.1 cm³/mol. The van der Waals surface area contributed by atoms with Crippen LogP contribution in [0.5, 0.6) is 0 Å². The van der Waals surface area contributed by atoms with E-state index in [0.717, 1.165) is 11.1 Å². The number of aromatic nitrogens is 1. The zero-order chi connectivity index (χ0) is 14.8. The Bertz CT molecular complexity index is 805. The summed E-state index contributed by atoms with van der Waals surface area (Å²) >= 11 is 0. The van der Waals surface area contributed by atoms with Crippen molar-refractivity contribution < 1.29 is 14.3 Å². The van der Waals surface area contributed by atoms with Crippen molar-refractivity contribution in [2.24, 2.45) is 0 Å². The highest BCUT2D eigenvalue weighted by molar-refractivity contribution is 5.89. The van der Waals surface area contributed by atoms with Gasteiger partial charge >= 0.3 is 5.97 Å². The quantitative estimate of drug-likeness (QED) is 0.786. The molecule has 0 atom stereocenters. The van der Waals surface area contributed by atoms with Crippen LogP contribution in [0.25, 0.3) is 22.8 Å². The Morgan fingerprint density at radius 3 is 2.62 bits per heavy atom. The number of benzene rings is 2. The lowest BCUT2D eigenvalue weighted by Crippen LogP contribution is -1.95. The van der Waals surface area contributed by atoms with Crippen LogP contribution in [0, 0.1) is 6.92 Å². The third-order valence-electron chi connectivity index (χ3n) is 3.16. The van der Waals surface area contributed by atoms with E-state index in [1.807, 2.05) is 31.2 Å². The molecule has 0 fully saturated rings. The standard InChI is InChI=1S/C17H13NO3/c1-11-4-2-5-12(8-11)15-10-18-16(21-15)13-6-3-7-14(9-13)17(19)20/h2-10H,1H3,(H,19,20). The first kappa shape index (κ1) is 13.1. The fourth-order valence-electron chi connectivity index (χ4n) is 2.12. The molecule has 4 heteroatoms. The fourth-order valence-corrected chi connectivity index (χ4v) is 2.12. The maximum Gasteiger partial charge on any atom is 0.335 e. The summed E-state index contributed by atoms with van der Waals surface area (Å²) in [7, 11) is 0. The minimum atomic E-state index is -0.970. The van der Waals surface area contributed by atoms with Gasteiger partial charge in [0.05, 0.1) is 11.8 Å². The molecule has 0 unspecified atom stereocenters. The average molecular weight is 279 g/mol. The van der Waals surface area contributed by atoms with Crippen LogP contribution in [0.4, 0.5) is 0 Å². The first-order valence-electron chi connectivity index (χ1n) is 6.50. The number of carboxylic acid groups (broad SMARTS) is 1. The number of carbonyl (C=O) groups is 1. The third-order valence-corrected chi connectivity index (χ3v) is 3.16. The monoisotopic (exact) mass is 279 g/mol. The number of rotatable bonds is 3.